The zero-order chi connectivity index (χ0) is 14.6. The Morgan fingerprint density at radius 1 is 1.40 bits per heavy atom. The Balaban J connectivity index is 0.00000361. The number of nitrogens with zero attached hydrogens (tertiary/aromatic N) is 4. The zero-order valence-electron chi connectivity index (χ0n) is 12.0. The van der Waals surface area contributed by atoms with E-state index in [9.17, 15) is 10.1 Å². The molecule has 114 valence electrons. The molecular formula is C11H20ClN5O3. The van der Waals surface area contributed by atoms with Crippen LogP contribution in [0.1, 0.15) is 0 Å². The van der Waals surface area contributed by atoms with Gasteiger partial charge in [0, 0.05) is 26.2 Å². The minimum atomic E-state index is -0.496. The van der Waals surface area contributed by atoms with Gasteiger partial charge in [0.05, 0.1) is 12.0 Å². The summed E-state index contributed by atoms with van der Waals surface area (Å²) in [5, 5.41) is 11.0. The maximum atomic E-state index is 11.0. The van der Waals surface area contributed by atoms with Gasteiger partial charge in [-0.05, 0) is 14.1 Å². The molecule has 0 saturated heterocycles. The van der Waals surface area contributed by atoms with Crippen LogP contribution in [0.15, 0.2) is 6.07 Å². The van der Waals surface area contributed by atoms with Crippen LogP contribution in [0.3, 0.4) is 0 Å². The average molecular weight is 306 g/mol. The number of rotatable bonds is 6. The highest BCUT2D eigenvalue weighted by Gasteiger charge is 2.22. The van der Waals surface area contributed by atoms with E-state index in [4.69, 9.17) is 10.5 Å². The number of pyridine rings is 1. The summed E-state index contributed by atoms with van der Waals surface area (Å²) in [5.74, 6) is 0.440. The van der Waals surface area contributed by atoms with Crippen LogP contribution in [0, 0.1) is 10.1 Å². The normalized spacial score (nSPS) is 10.1. The molecule has 0 saturated carbocycles. The van der Waals surface area contributed by atoms with Gasteiger partial charge in [0.2, 0.25) is 11.7 Å². The van der Waals surface area contributed by atoms with E-state index in [1.165, 1.54) is 13.2 Å². The van der Waals surface area contributed by atoms with Crippen molar-refractivity contribution in [1.29, 1.82) is 0 Å². The molecule has 1 rings (SSSR count). The first kappa shape index (κ1) is 18.2. The van der Waals surface area contributed by atoms with Crippen LogP contribution in [0.25, 0.3) is 0 Å². The Kier molecular flexibility index (Phi) is 7.01. The molecule has 0 aliphatic heterocycles. The molecule has 0 atom stereocenters. The molecule has 1 aromatic heterocycles. The molecular weight excluding hydrogens is 286 g/mol. The van der Waals surface area contributed by atoms with E-state index < -0.39 is 4.92 Å². The third kappa shape index (κ3) is 4.39. The van der Waals surface area contributed by atoms with Crippen molar-refractivity contribution in [3.05, 3.63) is 16.2 Å². The van der Waals surface area contributed by atoms with Crippen molar-refractivity contribution >= 4 is 29.6 Å². The number of hydrogen-bond acceptors (Lipinski definition) is 7. The summed E-state index contributed by atoms with van der Waals surface area (Å²) in [5.41, 5.74) is 5.67. The van der Waals surface area contributed by atoms with Crippen LogP contribution < -0.4 is 15.4 Å². The summed E-state index contributed by atoms with van der Waals surface area (Å²) in [4.78, 5) is 18.4. The van der Waals surface area contributed by atoms with Gasteiger partial charge in [0.15, 0.2) is 0 Å². The Hall–Kier alpha value is -1.80. The van der Waals surface area contributed by atoms with E-state index >= 15 is 0 Å². The second-order valence-corrected chi connectivity index (χ2v) is 4.41. The number of nitro groups is 1. The first-order valence-electron chi connectivity index (χ1n) is 5.71. The van der Waals surface area contributed by atoms with Crippen LogP contribution >= 0.6 is 12.4 Å². The van der Waals surface area contributed by atoms with Gasteiger partial charge < -0.3 is 20.3 Å². The number of hydrogen-bond donors (Lipinski definition) is 1. The molecule has 1 heterocycles. The summed E-state index contributed by atoms with van der Waals surface area (Å²) in [7, 11) is 7.03. The molecule has 8 nitrogen and oxygen atoms in total. The van der Waals surface area contributed by atoms with E-state index in [2.05, 4.69) is 4.98 Å². The van der Waals surface area contributed by atoms with Crippen molar-refractivity contribution in [2.24, 2.45) is 0 Å². The highest BCUT2D eigenvalue weighted by atomic mass is 35.5. The monoisotopic (exact) mass is 305 g/mol. The molecule has 0 spiro atoms. The fourth-order valence-electron chi connectivity index (χ4n) is 1.53. The smallest absolute Gasteiger partial charge is 0.313 e. The average Bonchev–Trinajstić information content (AvgIpc) is 2.35. The Morgan fingerprint density at radius 3 is 2.45 bits per heavy atom. The molecule has 0 unspecified atom stereocenters. The van der Waals surface area contributed by atoms with Crippen LogP contribution in [0.5, 0.6) is 5.88 Å². The molecule has 0 aliphatic rings. The van der Waals surface area contributed by atoms with Crippen molar-refractivity contribution in [2.75, 3.05) is 52.0 Å². The minimum Gasteiger partial charge on any atom is -0.479 e. The number of likely N-dealkylation sites (N-methyl/N-ethyl adjacent to an activating group) is 2. The Labute approximate surface area is 124 Å². The van der Waals surface area contributed by atoms with Gasteiger partial charge in [-0.15, -0.1) is 12.4 Å². The Bertz CT molecular complexity index is 470. The summed E-state index contributed by atoms with van der Waals surface area (Å²) >= 11 is 0. The lowest BCUT2D eigenvalue weighted by atomic mass is 10.3. The quantitative estimate of drug-likeness (QED) is 0.618. The van der Waals surface area contributed by atoms with E-state index in [0.29, 0.717) is 6.54 Å². The summed E-state index contributed by atoms with van der Waals surface area (Å²) in [6, 6.07) is 1.27. The third-order valence-corrected chi connectivity index (χ3v) is 2.61. The maximum Gasteiger partial charge on any atom is 0.313 e. The van der Waals surface area contributed by atoms with Gasteiger partial charge in [-0.1, -0.05) is 0 Å². The Morgan fingerprint density at radius 2 is 2.00 bits per heavy atom. The first-order chi connectivity index (χ1) is 8.86. The lowest BCUT2D eigenvalue weighted by molar-refractivity contribution is -0.384. The highest BCUT2D eigenvalue weighted by Crippen LogP contribution is 2.32. The lowest BCUT2D eigenvalue weighted by Gasteiger charge is -2.21. The van der Waals surface area contributed by atoms with E-state index in [-0.39, 0.29) is 35.5 Å². The van der Waals surface area contributed by atoms with E-state index in [0.717, 1.165) is 6.54 Å². The van der Waals surface area contributed by atoms with Crippen molar-refractivity contribution in [3.8, 4) is 5.88 Å². The SMILES string of the molecule is COc1nc(N(C)CCN(C)C)c([N+](=O)[O-])cc1N.Cl. The summed E-state index contributed by atoms with van der Waals surface area (Å²) < 4.78 is 5.00. The summed E-state index contributed by atoms with van der Waals surface area (Å²) in [6.45, 7) is 1.36. The van der Waals surface area contributed by atoms with Gasteiger partial charge in [-0.25, -0.2) is 0 Å². The van der Waals surface area contributed by atoms with Gasteiger partial charge >= 0.3 is 5.69 Å². The molecule has 0 radical (unpaired) electrons. The van der Waals surface area contributed by atoms with Crippen LogP contribution in [0.2, 0.25) is 0 Å². The number of halogens is 1. The fraction of sp³-hybridized carbons (Fsp3) is 0.545. The molecule has 0 aromatic carbocycles. The van der Waals surface area contributed by atoms with E-state index in [1.54, 1.807) is 11.9 Å². The predicted molar refractivity (Wildman–Crippen MR) is 80.9 cm³/mol. The number of aromatic nitrogens is 1. The molecule has 0 fully saturated rings. The molecule has 0 aliphatic carbocycles. The number of ether oxygens (including phenoxy) is 1. The van der Waals surface area contributed by atoms with Gasteiger partial charge in [-0.2, -0.15) is 4.98 Å². The van der Waals surface area contributed by atoms with Gasteiger partial charge in [-0.3, -0.25) is 10.1 Å². The molecule has 0 bridgehead atoms. The second kappa shape index (κ2) is 7.71. The van der Waals surface area contributed by atoms with Gasteiger partial charge in [0.1, 0.15) is 5.69 Å². The predicted octanol–water partition coefficient (Wildman–Crippen LogP) is 1.00. The van der Waals surface area contributed by atoms with E-state index in [1.807, 2.05) is 19.0 Å². The number of nitrogens with two attached hydrogens (primary N) is 1. The zero-order valence-corrected chi connectivity index (χ0v) is 12.8. The number of nitrogen functional groups attached to an aromatic ring is 1. The molecule has 0 amide bonds. The fourth-order valence-corrected chi connectivity index (χ4v) is 1.53. The third-order valence-electron chi connectivity index (χ3n) is 2.61. The van der Waals surface area contributed by atoms with Crippen molar-refractivity contribution < 1.29 is 9.66 Å². The van der Waals surface area contributed by atoms with Crippen LogP contribution in [-0.4, -0.2) is 56.1 Å². The maximum absolute atomic E-state index is 11.0. The van der Waals surface area contributed by atoms with Crippen molar-refractivity contribution in [1.82, 2.24) is 9.88 Å². The highest BCUT2D eigenvalue weighted by molar-refractivity contribution is 5.85. The minimum absolute atomic E-state index is 0. The largest absolute Gasteiger partial charge is 0.479 e. The molecule has 2 N–H and O–H groups in total. The molecule has 20 heavy (non-hydrogen) atoms. The molecule has 1 aromatic rings. The molecule has 9 heteroatoms. The van der Waals surface area contributed by atoms with Gasteiger partial charge in [0.25, 0.3) is 0 Å². The topological polar surface area (TPSA) is 97.8 Å². The number of methoxy groups -OCH3 is 1. The van der Waals surface area contributed by atoms with Crippen molar-refractivity contribution in [3.63, 3.8) is 0 Å². The first-order valence-corrected chi connectivity index (χ1v) is 5.71. The van der Waals surface area contributed by atoms with Crippen LogP contribution in [-0.2, 0) is 0 Å². The second-order valence-electron chi connectivity index (χ2n) is 4.41. The standard InChI is InChI=1S/C11H19N5O3.ClH/c1-14(2)5-6-15(3)10-9(16(17)18)7-8(12)11(13-10)19-4;/h7H,5-6,12H2,1-4H3;1H. The lowest BCUT2D eigenvalue weighted by Crippen LogP contribution is -2.29. The number of anilines is 2. The summed E-state index contributed by atoms with van der Waals surface area (Å²) in [6.07, 6.45) is 0. The van der Waals surface area contributed by atoms with Crippen LogP contribution in [0.4, 0.5) is 17.2 Å². The van der Waals surface area contributed by atoms with Crippen molar-refractivity contribution in [2.45, 2.75) is 0 Å².